The summed E-state index contributed by atoms with van der Waals surface area (Å²) in [4.78, 5) is 13.2. The maximum Gasteiger partial charge on any atom is 0.351 e. The Morgan fingerprint density at radius 1 is 1.48 bits per heavy atom. The Labute approximate surface area is 149 Å². The lowest BCUT2D eigenvalue weighted by Gasteiger charge is -2.36. The van der Waals surface area contributed by atoms with Gasteiger partial charge in [0.05, 0.1) is 6.61 Å². The third-order valence-electron chi connectivity index (χ3n) is 3.24. The maximum atomic E-state index is 11.7. The number of carbonyl (C=O) groups is 1. The number of benzene rings is 1. The predicted molar refractivity (Wildman–Crippen MR) is 90.7 cm³/mol. The van der Waals surface area contributed by atoms with Gasteiger partial charge in [-0.15, -0.1) is 0 Å². The van der Waals surface area contributed by atoms with Gasteiger partial charge in [-0.25, -0.2) is 4.79 Å². The van der Waals surface area contributed by atoms with Crippen molar-refractivity contribution < 1.29 is 9.53 Å². The number of hydrogen-bond acceptors (Lipinski definition) is 4. The van der Waals surface area contributed by atoms with Gasteiger partial charge in [-0.3, -0.25) is 0 Å². The highest BCUT2D eigenvalue weighted by Crippen LogP contribution is 2.44. The zero-order valence-corrected chi connectivity index (χ0v) is 14.4. The van der Waals surface area contributed by atoms with Crippen LogP contribution in [0, 0.1) is 11.3 Å². The van der Waals surface area contributed by atoms with E-state index in [9.17, 15) is 10.1 Å². The van der Waals surface area contributed by atoms with Crippen LogP contribution in [0.3, 0.4) is 0 Å². The van der Waals surface area contributed by atoms with Gasteiger partial charge in [0, 0.05) is 12.4 Å². The number of hydrogen-bond donors (Lipinski definition) is 0. The molecule has 0 radical (unpaired) electrons. The summed E-state index contributed by atoms with van der Waals surface area (Å²) in [6.45, 7) is 1.89. The highest BCUT2D eigenvalue weighted by Gasteiger charge is 2.41. The molecule has 4 nitrogen and oxygen atoms in total. The van der Waals surface area contributed by atoms with E-state index in [1.807, 2.05) is 36.4 Å². The second-order valence-corrected chi connectivity index (χ2v) is 6.52. The number of rotatable bonds is 4. The molecule has 0 bridgehead atoms. The molecular formula is C16H13Cl3N2O2. The van der Waals surface area contributed by atoms with E-state index in [1.165, 1.54) is 11.1 Å². The van der Waals surface area contributed by atoms with Gasteiger partial charge in [-0.05, 0) is 24.1 Å². The summed E-state index contributed by atoms with van der Waals surface area (Å²) < 4.78 is 3.11. The van der Waals surface area contributed by atoms with Crippen molar-refractivity contribution in [2.75, 3.05) is 6.61 Å². The summed E-state index contributed by atoms with van der Waals surface area (Å²) in [7, 11) is 0. The monoisotopic (exact) mass is 370 g/mol. The minimum Gasteiger partial charge on any atom is -0.462 e. The van der Waals surface area contributed by atoms with Gasteiger partial charge in [0.15, 0.2) is 0 Å². The molecule has 1 aliphatic heterocycles. The van der Waals surface area contributed by atoms with Crippen molar-refractivity contribution in [2.24, 2.45) is 0 Å². The molecule has 0 spiro atoms. The zero-order chi connectivity index (χ0) is 17.0. The highest BCUT2D eigenvalue weighted by molar-refractivity contribution is 6.51. The third-order valence-corrected chi connectivity index (χ3v) is 4.07. The summed E-state index contributed by atoms with van der Waals surface area (Å²) in [6, 6.07) is 8.55. The van der Waals surface area contributed by atoms with Gasteiger partial charge < -0.3 is 9.64 Å². The Kier molecular flexibility index (Phi) is 5.59. The molecule has 7 heteroatoms. The first-order valence-corrected chi connectivity index (χ1v) is 7.92. The molecule has 1 aromatic rings. The smallest absolute Gasteiger partial charge is 0.351 e. The van der Waals surface area contributed by atoms with Crippen molar-refractivity contribution in [1.82, 2.24) is 4.90 Å². The lowest BCUT2D eigenvalue weighted by molar-refractivity contribution is -0.137. The lowest BCUT2D eigenvalue weighted by Crippen LogP contribution is -2.35. The van der Waals surface area contributed by atoms with Gasteiger partial charge in [0.1, 0.15) is 17.1 Å². The quantitative estimate of drug-likeness (QED) is 0.448. The van der Waals surface area contributed by atoms with E-state index in [4.69, 9.17) is 39.5 Å². The second kappa shape index (κ2) is 7.27. The first-order valence-electron chi connectivity index (χ1n) is 6.78. The van der Waals surface area contributed by atoms with Crippen molar-refractivity contribution in [1.29, 1.82) is 5.26 Å². The number of alkyl halides is 2. The molecule has 23 heavy (non-hydrogen) atoms. The molecule has 0 fully saturated rings. The summed E-state index contributed by atoms with van der Waals surface area (Å²) in [5.41, 5.74) is 1.64. The standard InChI is InChI=1S/C16H13Cl3N2O2/c1-2-23-15(22)13(17)9-21-8-7-11-5-3-4-6-12(11)14(21)16(18,19)10-20/h3-9,14H,2H2,1H3/b13-9-. The maximum absolute atomic E-state index is 11.7. The zero-order valence-electron chi connectivity index (χ0n) is 12.2. The number of carbonyl (C=O) groups excluding carboxylic acids is 1. The van der Waals surface area contributed by atoms with Gasteiger partial charge in [-0.1, -0.05) is 59.1 Å². The fourth-order valence-electron chi connectivity index (χ4n) is 2.27. The molecule has 1 aromatic carbocycles. The number of esters is 1. The van der Waals surface area contributed by atoms with Crippen LogP contribution in [0.1, 0.15) is 24.1 Å². The van der Waals surface area contributed by atoms with Crippen LogP contribution in [0.5, 0.6) is 0 Å². The van der Waals surface area contributed by atoms with Crippen molar-refractivity contribution in [3.8, 4) is 6.07 Å². The third kappa shape index (κ3) is 3.81. The summed E-state index contributed by atoms with van der Waals surface area (Å²) in [6.07, 6.45) is 4.83. The van der Waals surface area contributed by atoms with Crippen LogP contribution in [0.4, 0.5) is 0 Å². The normalized spacial score (nSPS) is 17.4. The fraction of sp³-hybridized carbons (Fsp3) is 0.250. The van der Waals surface area contributed by atoms with E-state index in [0.29, 0.717) is 0 Å². The molecular weight excluding hydrogens is 359 g/mol. The summed E-state index contributed by atoms with van der Waals surface area (Å²) in [5.74, 6) is -0.660. The first kappa shape index (κ1) is 17.7. The molecule has 0 aromatic heterocycles. The van der Waals surface area contributed by atoms with Crippen molar-refractivity contribution in [3.63, 3.8) is 0 Å². The van der Waals surface area contributed by atoms with E-state index in [1.54, 1.807) is 13.1 Å². The predicted octanol–water partition coefficient (Wildman–Crippen LogP) is 4.35. The minimum atomic E-state index is -1.73. The van der Waals surface area contributed by atoms with Crippen molar-refractivity contribution in [3.05, 3.63) is 52.8 Å². The molecule has 1 unspecified atom stereocenters. The number of nitriles is 1. The van der Waals surface area contributed by atoms with Gasteiger partial charge in [0.25, 0.3) is 0 Å². The Morgan fingerprint density at radius 2 is 2.17 bits per heavy atom. The number of fused-ring (bicyclic) bond motifs is 1. The second-order valence-electron chi connectivity index (χ2n) is 4.73. The molecule has 0 amide bonds. The number of nitrogens with zero attached hydrogens (tertiary/aromatic N) is 2. The molecule has 0 saturated heterocycles. The molecule has 2 rings (SSSR count). The lowest BCUT2D eigenvalue weighted by atomic mass is 9.94. The highest BCUT2D eigenvalue weighted by atomic mass is 35.5. The molecule has 1 heterocycles. The molecule has 120 valence electrons. The largest absolute Gasteiger partial charge is 0.462 e. The Morgan fingerprint density at radius 3 is 2.83 bits per heavy atom. The van der Waals surface area contributed by atoms with E-state index in [-0.39, 0.29) is 11.6 Å². The Bertz CT molecular complexity index is 708. The van der Waals surface area contributed by atoms with E-state index in [0.717, 1.165) is 11.1 Å². The SMILES string of the molecule is CCOC(=O)/C(Cl)=C/N1C=Cc2ccccc2C1C(Cl)(Cl)C#N. The van der Waals surface area contributed by atoms with Crippen LogP contribution in [-0.2, 0) is 9.53 Å². The molecule has 0 N–H and O–H groups in total. The number of ether oxygens (including phenoxy) is 1. The first-order chi connectivity index (χ1) is 10.9. The molecule has 1 atom stereocenters. The minimum absolute atomic E-state index is 0.136. The van der Waals surface area contributed by atoms with Gasteiger partial charge in [0.2, 0.25) is 4.33 Å². The van der Waals surface area contributed by atoms with Crippen molar-refractivity contribution in [2.45, 2.75) is 17.3 Å². The summed E-state index contributed by atoms with van der Waals surface area (Å²) in [5, 5.41) is 9.17. The van der Waals surface area contributed by atoms with Gasteiger partial charge in [-0.2, -0.15) is 5.26 Å². The molecule has 0 saturated carbocycles. The summed E-state index contributed by atoms with van der Waals surface area (Å²) >= 11 is 18.3. The van der Waals surface area contributed by atoms with E-state index >= 15 is 0 Å². The van der Waals surface area contributed by atoms with Crippen LogP contribution >= 0.6 is 34.8 Å². The van der Waals surface area contributed by atoms with Gasteiger partial charge >= 0.3 is 5.97 Å². The van der Waals surface area contributed by atoms with E-state index in [2.05, 4.69) is 0 Å². The molecule has 1 aliphatic rings. The number of halogens is 3. The average Bonchev–Trinajstić information content (AvgIpc) is 2.54. The Balaban J connectivity index is 2.46. The van der Waals surface area contributed by atoms with E-state index < -0.39 is 16.3 Å². The molecule has 0 aliphatic carbocycles. The van der Waals surface area contributed by atoms with Crippen molar-refractivity contribution >= 4 is 46.8 Å². The fourth-order valence-corrected chi connectivity index (χ4v) is 2.90. The van der Waals surface area contributed by atoms with Crippen LogP contribution < -0.4 is 0 Å². The van der Waals surface area contributed by atoms with Crippen LogP contribution in [0.15, 0.2) is 41.7 Å². The van der Waals surface area contributed by atoms with Crippen LogP contribution in [0.2, 0.25) is 0 Å². The topological polar surface area (TPSA) is 53.3 Å². The average molecular weight is 372 g/mol. The van der Waals surface area contributed by atoms with Crippen LogP contribution in [0.25, 0.3) is 6.08 Å². The Hall–Kier alpha value is -1.67. The van der Waals surface area contributed by atoms with Crippen LogP contribution in [-0.4, -0.2) is 21.8 Å².